The monoisotopic (exact) mass is 268 g/mol. The molecule has 0 bridgehead atoms. The van der Waals surface area contributed by atoms with Crippen molar-refractivity contribution in [3.8, 4) is 0 Å². The number of carbonyl (C=O) groups is 1. The van der Waals surface area contributed by atoms with Crippen LogP contribution in [0.5, 0.6) is 0 Å². The summed E-state index contributed by atoms with van der Waals surface area (Å²) in [5, 5.41) is 2.87. The Hall–Kier alpha value is -1.49. The van der Waals surface area contributed by atoms with Gasteiger partial charge in [0.2, 0.25) is 5.91 Å². The molecule has 5 heteroatoms. The van der Waals surface area contributed by atoms with Gasteiger partial charge in [0.05, 0.1) is 6.54 Å². The largest absolute Gasteiger partial charge is 0.342 e. The minimum absolute atomic E-state index is 0.0245. The predicted octanol–water partition coefficient (Wildman–Crippen LogP) is 2.07. The van der Waals surface area contributed by atoms with Gasteiger partial charge in [0, 0.05) is 25.2 Å². The molecule has 1 N–H and O–H groups in total. The van der Waals surface area contributed by atoms with Crippen molar-refractivity contribution in [2.24, 2.45) is 0 Å². The van der Waals surface area contributed by atoms with Crippen LogP contribution in [0.25, 0.3) is 0 Å². The molecular weight excluding hydrogens is 250 g/mol. The predicted molar refractivity (Wildman–Crippen MR) is 68.5 cm³/mol. The third-order valence-electron chi connectivity index (χ3n) is 3.31. The lowest BCUT2D eigenvalue weighted by atomic mass is 10.1. The van der Waals surface area contributed by atoms with E-state index in [0.717, 1.165) is 44.1 Å². The molecular formula is C14H18F2N2O. The number of carbonyl (C=O) groups excluding carboxylic acids is 1. The number of nitrogens with one attached hydrogen (secondary N) is 1. The Labute approximate surface area is 111 Å². The van der Waals surface area contributed by atoms with E-state index in [1.807, 2.05) is 4.90 Å². The number of rotatable bonds is 4. The second-order valence-corrected chi connectivity index (χ2v) is 4.78. The van der Waals surface area contributed by atoms with Gasteiger partial charge >= 0.3 is 0 Å². The molecule has 0 unspecified atom stereocenters. The van der Waals surface area contributed by atoms with Crippen LogP contribution in [0, 0.1) is 11.6 Å². The van der Waals surface area contributed by atoms with Gasteiger partial charge in [0.1, 0.15) is 11.6 Å². The molecule has 19 heavy (non-hydrogen) atoms. The van der Waals surface area contributed by atoms with Gasteiger partial charge in [-0.2, -0.15) is 0 Å². The highest BCUT2D eigenvalue weighted by atomic mass is 19.1. The number of benzene rings is 1. The van der Waals surface area contributed by atoms with Crippen molar-refractivity contribution >= 4 is 5.91 Å². The van der Waals surface area contributed by atoms with Crippen LogP contribution in [0.1, 0.15) is 24.8 Å². The van der Waals surface area contributed by atoms with Crippen LogP contribution in [0.2, 0.25) is 0 Å². The molecule has 0 atom stereocenters. The van der Waals surface area contributed by atoms with Crippen molar-refractivity contribution in [1.29, 1.82) is 0 Å². The summed E-state index contributed by atoms with van der Waals surface area (Å²) in [5.74, 6) is -0.906. The van der Waals surface area contributed by atoms with Crippen LogP contribution in [0.3, 0.4) is 0 Å². The Kier molecular flexibility index (Phi) is 4.85. The first-order valence-corrected chi connectivity index (χ1v) is 6.59. The van der Waals surface area contributed by atoms with E-state index in [0.29, 0.717) is 0 Å². The lowest BCUT2D eigenvalue weighted by Crippen LogP contribution is -2.41. The summed E-state index contributed by atoms with van der Waals surface area (Å²) in [5.41, 5.74) is 0.242. The number of halogens is 2. The second-order valence-electron chi connectivity index (χ2n) is 4.78. The quantitative estimate of drug-likeness (QED) is 0.906. The molecule has 1 aromatic rings. The van der Waals surface area contributed by atoms with E-state index in [1.54, 1.807) is 0 Å². The van der Waals surface area contributed by atoms with Crippen molar-refractivity contribution < 1.29 is 13.6 Å². The fourth-order valence-electron chi connectivity index (χ4n) is 2.24. The molecule has 104 valence electrons. The van der Waals surface area contributed by atoms with Crippen LogP contribution in [-0.4, -0.2) is 30.4 Å². The first-order valence-electron chi connectivity index (χ1n) is 6.59. The molecule has 1 fully saturated rings. The molecule has 1 heterocycles. The average molecular weight is 268 g/mol. The molecule has 1 aliphatic heterocycles. The van der Waals surface area contributed by atoms with E-state index in [9.17, 15) is 13.6 Å². The van der Waals surface area contributed by atoms with Gasteiger partial charge < -0.3 is 10.2 Å². The van der Waals surface area contributed by atoms with Crippen molar-refractivity contribution in [3.05, 3.63) is 35.4 Å². The lowest BCUT2D eigenvalue weighted by molar-refractivity contribution is -0.131. The van der Waals surface area contributed by atoms with Crippen molar-refractivity contribution in [2.45, 2.75) is 25.8 Å². The van der Waals surface area contributed by atoms with Gasteiger partial charge in [0.25, 0.3) is 0 Å². The molecule has 1 aromatic carbocycles. The summed E-state index contributed by atoms with van der Waals surface area (Å²) in [6.45, 7) is 1.92. The van der Waals surface area contributed by atoms with E-state index in [2.05, 4.69) is 5.32 Å². The van der Waals surface area contributed by atoms with Crippen LogP contribution >= 0.6 is 0 Å². The third-order valence-corrected chi connectivity index (χ3v) is 3.31. The SMILES string of the molecule is O=C(CNCc1cc(F)ccc1F)N1CCCCC1. The van der Waals surface area contributed by atoms with Crippen LogP contribution < -0.4 is 5.32 Å². The van der Waals surface area contributed by atoms with E-state index < -0.39 is 11.6 Å². The fraction of sp³-hybridized carbons (Fsp3) is 0.500. The highest BCUT2D eigenvalue weighted by Crippen LogP contribution is 2.10. The van der Waals surface area contributed by atoms with Gasteiger partial charge in [0.15, 0.2) is 0 Å². The van der Waals surface area contributed by atoms with Gasteiger partial charge in [-0.1, -0.05) is 0 Å². The third kappa shape index (κ3) is 3.99. The maximum atomic E-state index is 13.3. The van der Waals surface area contributed by atoms with Crippen molar-refractivity contribution in [2.75, 3.05) is 19.6 Å². The minimum Gasteiger partial charge on any atom is -0.342 e. The Balaban J connectivity index is 1.79. The molecule has 0 radical (unpaired) electrons. The highest BCUT2D eigenvalue weighted by molar-refractivity contribution is 5.78. The summed E-state index contributed by atoms with van der Waals surface area (Å²) >= 11 is 0. The number of hydrogen-bond acceptors (Lipinski definition) is 2. The second kappa shape index (κ2) is 6.61. The zero-order valence-electron chi connectivity index (χ0n) is 10.8. The molecule has 2 rings (SSSR count). The van der Waals surface area contributed by atoms with Crippen molar-refractivity contribution in [3.63, 3.8) is 0 Å². The molecule has 1 amide bonds. The molecule has 1 saturated heterocycles. The minimum atomic E-state index is -0.472. The summed E-state index contributed by atoms with van der Waals surface area (Å²) in [4.78, 5) is 13.7. The summed E-state index contributed by atoms with van der Waals surface area (Å²) in [7, 11) is 0. The molecule has 0 aromatic heterocycles. The van der Waals surface area contributed by atoms with Gasteiger partial charge in [-0.25, -0.2) is 8.78 Å². The maximum Gasteiger partial charge on any atom is 0.236 e. The van der Waals surface area contributed by atoms with Gasteiger partial charge in [-0.05, 0) is 37.5 Å². The first-order chi connectivity index (χ1) is 9.16. The summed E-state index contributed by atoms with van der Waals surface area (Å²) < 4.78 is 26.3. The van der Waals surface area contributed by atoms with Crippen LogP contribution in [0.4, 0.5) is 8.78 Å². The van der Waals surface area contributed by atoms with E-state index in [1.165, 1.54) is 6.42 Å². The van der Waals surface area contributed by atoms with E-state index >= 15 is 0 Å². The molecule has 0 saturated carbocycles. The lowest BCUT2D eigenvalue weighted by Gasteiger charge is -2.26. The molecule has 3 nitrogen and oxygen atoms in total. The van der Waals surface area contributed by atoms with Gasteiger partial charge in [-0.3, -0.25) is 4.79 Å². The Morgan fingerprint density at radius 3 is 2.68 bits per heavy atom. The maximum absolute atomic E-state index is 13.3. The average Bonchev–Trinajstić information content (AvgIpc) is 2.43. The smallest absolute Gasteiger partial charge is 0.236 e. The summed E-state index contributed by atoms with van der Waals surface area (Å²) in [6, 6.07) is 3.32. The Morgan fingerprint density at radius 2 is 1.95 bits per heavy atom. The fourth-order valence-corrected chi connectivity index (χ4v) is 2.24. The van der Waals surface area contributed by atoms with Crippen LogP contribution in [0.15, 0.2) is 18.2 Å². The van der Waals surface area contributed by atoms with E-state index in [-0.39, 0.29) is 24.6 Å². The zero-order valence-corrected chi connectivity index (χ0v) is 10.8. The molecule has 0 spiro atoms. The molecule has 1 aliphatic rings. The standard InChI is InChI=1S/C14H18F2N2O/c15-12-4-5-13(16)11(8-12)9-17-10-14(19)18-6-2-1-3-7-18/h4-5,8,17H,1-3,6-7,9-10H2. The van der Waals surface area contributed by atoms with Crippen molar-refractivity contribution in [1.82, 2.24) is 10.2 Å². The topological polar surface area (TPSA) is 32.3 Å². The molecule has 0 aliphatic carbocycles. The van der Waals surface area contributed by atoms with Crippen LogP contribution in [-0.2, 0) is 11.3 Å². The normalized spacial score (nSPS) is 15.6. The Morgan fingerprint density at radius 1 is 1.21 bits per heavy atom. The highest BCUT2D eigenvalue weighted by Gasteiger charge is 2.15. The number of hydrogen-bond donors (Lipinski definition) is 1. The first kappa shape index (κ1) is 13.9. The number of piperidine rings is 1. The Bertz CT molecular complexity index is 445. The van der Waals surface area contributed by atoms with E-state index in [4.69, 9.17) is 0 Å². The van der Waals surface area contributed by atoms with Gasteiger partial charge in [-0.15, -0.1) is 0 Å². The number of amides is 1. The zero-order chi connectivity index (χ0) is 13.7. The summed E-state index contributed by atoms with van der Waals surface area (Å²) in [6.07, 6.45) is 3.26. The number of nitrogens with zero attached hydrogens (tertiary/aromatic N) is 1. The number of likely N-dealkylation sites (tertiary alicyclic amines) is 1.